The summed E-state index contributed by atoms with van der Waals surface area (Å²) < 4.78 is 23.5. The van der Waals surface area contributed by atoms with E-state index in [9.17, 15) is 13.2 Å². The molecule has 0 aromatic carbocycles. The molecule has 0 N–H and O–H groups in total. The molecule has 1 atom stereocenters. The number of ketones is 1. The highest BCUT2D eigenvalue weighted by molar-refractivity contribution is 7.92. The van der Waals surface area contributed by atoms with Crippen molar-refractivity contribution in [3.05, 3.63) is 16.0 Å². The van der Waals surface area contributed by atoms with Gasteiger partial charge in [-0.15, -0.1) is 11.3 Å². The van der Waals surface area contributed by atoms with Gasteiger partial charge < -0.3 is 0 Å². The molecule has 6 heteroatoms. The van der Waals surface area contributed by atoms with Crippen LogP contribution in [0.25, 0.3) is 0 Å². The van der Waals surface area contributed by atoms with Crippen molar-refractivity contribution in [2.45, 2.75) is 36.8 Å². The van der Waals surface area contributed by atoms with Crippen LogP contribution in [0.5, 0.6) is 0 Å². The van der Waals surface area contributed by atoms with Gasteiger partial charge in [0.25, 0.3) is 0 Å². The summed E-state index contributed by atoms with van der Waals surface area (Å²) in [6.07, 6.45) is 4.04. The van der Waals surface area contributed by atoms with Gasteiger partial charge >= 0.3 is 0 Å². The Bertz CT molecular complexity index is 665. The summed E-state index contributed by atoms with van der Waals surface area (Å²) in [5.74, 6) is 0.108. The van der Waals surface area contributed by atoms with E-state index in [2.05, 4.69) is 6.92 Å². The highest BCUT2D eigenvalue weighted by atomic mass is 32.2. The lowest BCUT2D eigenvalue weighted by Crippen LogP contribution is -2.21. The summed E-state index contributed by atoms with van der Waals surface area (Å²) in [4.78, 5) is 12.6. The van der Waals surface area contributed by atoms with Gasteiger partial charge in [-0.25, -0.2) is 8.42 Å². The van der Waals surface area contributed by atoms with Crippen LogP contribution in [0.15, 0.2) is 4.21 Å². The molecular formula is C13H15NO3S2. The fourth-order valence-electron chi connectivity index (χ4n) is 2.61. The first kappa shape index (κ1) is 14.2. The number of sulfone groups is 1. The Morgan fingerprint density at radius 3 is 2.63 bits per heavy atom. The lowest BCUT2D eigenvalue weighted by atomic mass is 9.82. The van der Waals surface area contributed by atoms with Crippen molar-refractivity contribution in [1.29, 1.82) is 5.26 Å². The van der Waals surface area contributed by atoms with E-state index in [0.29, 0.717) is 23.3 Å². The first-order valence-electron chi connectivity index (χ1n) is 6.17. The predicted molar refractivity (Wildman–Crippen MR) is 73.2 cm³/mol. The molecule has 102 valence electrons. The maximum absolute atomic E-state index is 12.2. The molecule has 0 bridgehead atoms. The molecule has 0 amide bonds. The summed E-state index contributed by atoms with van der Waals surface area (Å²) in [7, 11) is -3.45. The molecule has 0 saturated heterocycles. The zero-order chi connectivity index (χ0) is 14.2. The average molecular weight is 297 g/mol. The number of rotatable bonds is 3. The van der Waals surface area contributed by atoms with E-state index in [0.717, 1.165) is 30.4 Å². The molecule has 1 aliphatic rings. The second kappa shape index (κ2) is 5.06. The van der Waals surface area contributed by atoms with Crippen molar-refractivity contribution >= 4 is 27.0 Å². The maximum Gasteiger partial charge on any atom is 0.185 e. The summed E-state index contributed by atoms with van der Waals surface area (Å²) in [5.41, 5.74) is 0.944. The number of hydrogen-bond acceptors (Lipinski definition) is 5. The van der Waals surface area contributed by atoms with Crippen molar-refractivity contribution in [2.24, 2.45) is 5.92 Å². The SMILES string of the molecule is CCC[C@@H]1CC(=O)c2c(S(C)(=O)=O)sc(C#N)c2C1. The van der Waals surface area contributed by atoms with Crippen LogP contribution in [0.2, 0.25) is 0 Å². The number of nitrogens with zero attached hydrogens (tertiary/aromatic N) is 1. The molecule has 0 aliphatic heterocycles. The van der Waals surface area contributed by atoms with Crippen LogP contribution in [0.4, 0.5) is 0 Å². The first-order chi connectivity index (χ1) is 8.88. The molecule has 0 saturated carbocycles. The second-order valence-electron chi connectivity index (χ2n) is 4.94. The molecule has 1 aromatic rings. The molecule has 1 aromatic heterocycles. The standard InChI is InChI=1S/C13H15NO3S2/c1-3-4-8-5-9-11(7-14)18-13(19(2,16)17)12(9)10(15)6-8/h8H,3-6H2,1-2H3/t8-/m0/s1. The van der Waals surface area contributed by atoms with Gasteiger partial charge in [0.1, 0.15) is 15.2 Å². The third kappa shape index (κ3) is 2.58. The second-order valence-corrected chi connectivity index (χ2v) is 8.17. The van der Waals surface area contributed by atoms with Crippen molar-refractivity contribution in [3.8, 4) is 6.07 Å². The largest absolute Gasteiger partial charge is 0.294 e. The Balaban J connectivity index is 2.59. The summed E-state index contributed by atoms with van der Waals surface area (Å²) in [6.45, 7) is 2.06. The molecule has 2 rings (SSSR count). The Kier molecular flexibility index (Phi) is 3.79. The molecule has 1 aliphatic carbocycles. The molecule has 19 heavy (non-hydrogen) atoms. The highest BCUT2D eigenvalue weighted by Crippen LogP contribution is 2.39. The van der Waals surface area contributed by atoms with Crippen molar-refractivity contribution in [1.82, 2.24) is 0 Å². The van der Waals surface area contributed by atoms with Crippen molar-refractivity contribution < 1.29 is 13.2 Å². The highest BCUT2D eigenvalue weighted by Gasteiger charge is 2.34. The van der Waals surface area contributed by atoms with E-state index >= 15 is 0 Å². The van der Waals surface area contributed by atoms with E-state index in [-0.39, 0.29) is 21.5 Å². The van der Waals surface area contributed by atoms with Crippen molar-refractivity contribution in [3.63, 3.8) is 0 Å². The van der Waals surface area contributed by atoms with Gasteiger partial charge in [-0.1, -0.05) is 13.3 Å². The van der Waals surface area contributed by atoms with E-state index in [4.69, 9.17) is 5.26 Å². The monoisotopic (exact) mass is 297 g/mol. The minimum absolute atomic E-state index is 0.0685. The Morgan fingerprint density at radius 2 is 2.11 bits per heavy atom. The quantitative estimate of drug-likeness (QED) is 0.859. The normalized spacial score (nSPS) is 19.0. The summed E-state index contributed by atoms with van der Waals surface area (Å²) in [5, 5.41) is 9.13. The minimum Gasteiger partial charge on any atom is -0.294 e. The van der Waals surface area contributed by atoms with Gasteiger partial charge in [0, 0.05) is 12.7 Å². The number of carbonyl (C=O) groups is 1. The first-order valence-corrected chi connectivity index (χ1v) is 8.88. The third-order valence-corrected chi connectivity index (χ3v) is 6.32. The number of hydrogen-bond donors (Lipinski definition) is 0. The van der Waals surface area contributed by atoms with Gasteiger partial charge in [-0.3, -0.25) is 4.79 Å². The number of Topliss-reactive ketones (excluding diaryl/α,β-unsaturated/α-hetero) is 1. The third-order valence-electron chi connectivity index (χ3n) is 3.36. The smallest absolute Gasteiger partial charge is 0.185 e. The number of thiophene rings is 1. The Hall–Kier alpha value is -1.19. The fourth-order valence-corrected chi connectivity index (χ4v) is 4.95. The minimum atomic E-state index is -3.45. The molecule has 0 unspecified atom stereocenters. The predicted octanol–water partition coefficient (Wildman–Crippen LogP) is 2.57. The topological polar surface area (TPSA) is 75.0 Å². The van der Waals surface area contributed by atoms with Crippen LogP contribution in [0, 0.1) is 17.2 Å². The van der Waals surface area contributed by atoms with Crippen LogP contribution in [0.3, 0.4) is 0 Å². The molecule has 0 radical (unpaired) electrons. The number of fused-ring (bicyclic) bond motifs is 1. The van der Waals surface area contributed by atoms with Gasteiger partial charge in [-0.2, -0.15) is 5.26 Å². The zero-order valence-corrected chi connectivity index (χ0v) is 12.5. The van der Waals surface area contributed by atoms with Crippen LogP contribution in [-0.2, 0) is 16.3 Å². The zero-order valence-electron chi connectivity index (χ0n) is 10.9. The van der Waals surface area contributed by atoms with Gasteiger partial charge in [0.15, 0.2) is 15.6 Å². The van der Waals surface area contributed by atoms with E-state index in [1.54, 1.807) is 0 Å². The molecule has 0 spiro atoms. The Labute approximate surface area is 117 Å². The molecule has 4 nitrogen and oxygen atoms in total. The lowest BCUT2D eigenvalue weighted by molar-refractivity contribution is 0.0943. The molecule has 1 heterocycles. The number of nitriles is 1. The molecule has 0 fully saturated rings. The average Bonchev–Trinajstić information content (AvgIpc) is 2.68. The van der Waals surface area contributed by atoms with Crippen LogP contribution in [-0.4, -0.2) is 20.5 Å². The van der Waals surface area contributed by atoms with E-state index < -0.39 is 9.84 Å². The van der Waals surface area contributed by atoms with Crippen LogP contribution < -0.4 is 0 Å². The van der Waals surface area contributed by atoms with Gasteiger partial charge in [-0.05, 0) is 24.3 Å². The van der Waals surface area contributed by atoms with Crippen molar-refractivity contribution in [2.75, 3.05) is 6.26 Å². The lowest BCUT2D eigenvalue weighted by Gasteiger charge is -2.21. The van der Waals surface area contributed by atoms with Crippen LogP contribution in [0.1, 0.15) is 47.0 Å². The molecular weight excluding hydrogens is 282 g/mol. The van der Waals surface area contributed by atoms with Crippen LogP contribution >= 0.6 is 11.3 Å². The van der Waals surface area contributed by atoms with E-state index in [1.807, 2.05) is 6.07 Å². The fraction of sp³-hybridized carbons (Fsp3) is 0.538. The van der Waals surface area contributed by atoms with Gasteiger partial charge in [0.05, 0.1) is 5.56 Å². The maximum atomic E-state index is 12.2. The van der Waals surface area contributed by atoms with Gasteiger partial charge in [0.2, 0.25) is 0 Å². The number of carbonyl (C=O) groups excluding carboxylic acids is 1. The summed E-state index contributed by atoms with van der Waals surface area (Å²) >= 11 is 0.936. The van der Waals surface area contributed by atoms with E-state index in [1.165, 1.54) is 0 Å². The Morgan fingerprint density at radius 1 is 1.42 bits per heavy atom. The summed E-state index contributed by atoms with van der Waals surface area (Å²) in [6, 6.07) is 2.03.